The third-order valence-corrected chi connectivity index (χ3v) is 2.64. The van der Waals surface area contributed by atoms with Crippen LogP contribution in [0.3, 0.4) is 0 Å². The Balaban J connectivity index is 1.82. The van der Waals surface area contributed by atoms with Crippen molar-refractivity contribution in [3.05, 3.63) is 59.0 Å². The minimum atomic E-state index is 0.904. The van der Waals surface area contributed by atoms with Crippen molar-refractivity contribution in [2.75, 3.05) is 0 Å². The fourth-order valence-electron chi connectivity index (χ4n) is 1.70. The Morgan fingerprint density at radius 3 is 2.31 bits per heavy atom. The van der Waals surface area contributed by atoms with Crippen molar-refractivity contribution >= 4 is 0 Å². The summed E-state index contributed by atoms with van der Waals surface area (Å²) in [6, 6.07) is 12.7. The van der Waals surface area contributed by atoms with E-state index in [0.29, 0.717) is 0 Å². The second kappa shape index (κ2) is 4.99. The summed E-state index contributed by atoms with van der Waals surface area (Å²) in [5.41, 5.74) is 2.67. The molecule has 2 rings (SSSR count). The number of aryl methyl sites for hydroxylation is 2. The maximum atomic E-state index is 5.51. The van der Waals surface area contributed by atoms with Gasteiger partial charge in [-0.2, -0.15) is 0 Å². The summed E-state index contributed by atoms with van der Waals surface area (Å²) in [5.74, 6) is 2.03. The van der Waals surface area contributed by atoms with Gasteiger partial charge in [0.25, 0.3) is 0 Å². The SMILES string of the molecule is Cc1ccc(C[NH2+]Cc2ccc(C)o2)cc1. The number of benzene rings is 1. The average Bonchev–Trinajstić information content (AvgIpc) is 2.67. The highest BCUT2D eigenvalue weighted by atomic mass is 16.3. The number of hydrogen-bond donors (Lipinski definition) is 1. The van der Waals surface area contributed by atoms with Crippen molar-refractivity contribution in [3.63, 3.8) is 0 Å². The Morgan fingerprint density at radius 2 is 1.69 bits per heavy atom. The first kappa shape index (κ1) is 11.0. The molecule has 16 heavy (non-hydrogen) atoms. The average molecular weight is 216 g/mol. The molecule has 0 saturated carbocycles. The van der Waals surface area contributed by atoms with E-state index in [1.165, 1.54) is 11.1 Å². The molecular weight excluding hydrogens is 198 g/mol. The lowest BCUT2D eigenvalue weighted by atomic mass is 10.1. The van der Waals surface area contributed by atoms with E-state index in [0.717, 1.165) is 24.6 Å². The number of hydrogen-bond acceptors (Lipinski definition) is 1. The monoisotopic (exact) mass is 216 g/mol. The Morgan fingerprint density at radius 1 is 0.938 bits per heavy atom. The molecule has 0 spiro atoms. The van der Waals surface area contributed by atoms with Crippen LogP contribution in [-0.2, 0) is 13.1 Å². The molecule has 0 amide bonds. The molecule has 0 saturated heterocycles. The molecule has 1 aromatic heterocycles. The van der Waals surface area contributed by atoms with Gasteiger partial charge in [-0.1, -0.05) is 29.8 Å². The van der Waals surface area contributed by atoms with E-state index < -0.39 is 0 Å². The lowest BCUT2D eigenvalue weighted by molar-refractivity contribution is -0.688. The second-order valence-electron chi connectivity index (χ2n) is 4.19. The van der Waals surface area contributed by atoms with E-state index in [1.54, 1.807) is 0 Å². The molecule has 2 aromatic rings. The Hall–Kier alpha value is -1.54. The zero-order valence-electron chi connectivity index (χ0n) is 9.86. The fraction of sp³-hybridized carbons (Fsp3) is 0.286. The van der Waals surface area contributed by atoms with Gasteiger partial charge >= 0.3 is 0 Å². The van der Waals surface area contributed by atoms with Gasteiger partial charge < -0.3 is 9.73 Å². The van der Waals surface area contributed by atoms with Gasteiger partial charge in [-0.05, 0) is 26.0 Å². The van der Waals surface area contributed by atoms with Gasteiger partial charge in [-0.3, -0.25) is 0 Å². The third-order valence-electron chi connectivity index (χ3n) is 2.64. The highest BCUT2D eigenvalue weighted by Crippen LogP contribution is 2.04. The highest BCUT2D eigenvalue weighted by Gasteiger charge is 2.00. The minimum absolute atomic E-state index is 0.904. The van der Waals surface area contributed by atoms with E-state index in [-0.39, 0.29) is 0 Å². The Bertz CT molecular complexity index is 442. The van der Waals surface area contributed by atoms with Crippen LogP contribution in [0.25, 0.3) is 0 Å². The van der Waals surface area contributed by atoms with Crippen LogP contribution in [0.1, 0.15) is 22.6 Å². The van der Waals surface area contributed by atoms with Crippen molar-refractivity contribution in [1.82, 2.24) is 0 Å². The van der Waals surface area contributed by atoms with Crippen LogP contribution in [-0.4, -0.2) is 0 Å². The predicted molar refractivity (Wildman–Crippen MR) is 64.0 cm³/mol. The summed E-state index contributed by atoms with van der Waals surface area (Å²) in [5, 5.41) is 2.25. The van der Waals surface area contributed by atoms with Gasteiger partial charge in [0.1, 0.15) is 18.8 Å². The van der Waals surface area contributed by atoms with Crippen LogP contribution < -0.4 is 5.32 Å². The van der Waals surface area contributed by atoms with Gasteiger partial charge in [0.05, 0.1) is 0 Å². The van der Waals surface area contributed by atoms with Crippen molar-refractivity contribution in [2.45, 2.75) is 26.9 Å². The zero-order chi connectivity index (χ0) is 11.4. The second-order valence-corrected chi connectivity index (χ2v) is 4.19. The van der Waals surface area contributed by atoms with Gasteiger partial charge in [0.15, 0.2) is 5.76 Å². The lowest BCUT2D eigenvalue weighted by Crippen LogP contribution is -2.80. The number of furan rings is 1. The summed E-state index contributed by atoms with van der Waals surface area (Å²) in [4.78, 5) is 0. The quantitative estimate of drug-likeness (QED) is 0.834. The van der Waals surface area contributed by atoms with Crippen molar-refractivity contribution in [3.8, 4) is 0 Å². The largest absolute Gasteiger partial charge is 0.460 e. The Kier molecular flexibility index (Phi) is 3.42. The molecule has 0 aliphatic carbocycles. The molecular formula is C14H18NO+. The molecule has 0 aliphatic rings. The van der Waals surface area contributed by atoms with E-state index >= 15 is 0 Å². The first-order valence-electron chi connectivity index (χ1n) is 5.66. The molecule has 0 atom stereocenters. The number of nitrogens with two attached hydrogens (primary N) is 1. The molecule has 2 N–H and O–H groups in total. The van der Waals surface area contributed by atoms with Crippen LogP contribution in [0.2, 0.25) is 0 Å². The smallest absolute Gasteiger partial charge is 0.158 e. The first-order valence-corrected chi connectivity index (χ1v) is 5.66. The van der Waals surface area contributed by atoms with E-state index in [1.807, 2.05) is 19.1 Å². The van der Waals surface area contributed by atoms with Crippen molar-refractivity contribution < 1.29 is 9.73 Å². The van der Waals surface area contributed by atoms with Crippen LogP contribution in [0.4, 0.5) is 0 Å². The van der Waals surface area contributed by atoms with Gasteiger partial charge in [0, 0.05) is 5.56 Å². The maximum Gasteiger partial charge on any atom is 0.158 e. The topological polar surface area (TPSA) is 29.8 Å². The number of quaternary nitrogens is 1. The maximum absolute atomic E-state index is 5.51. The molecule has 0 aliphatic heterocycles. The fourth-order valence-corrected chi connectivity index (χ4v) is 1.70. The van der Waals surface area contributed by atoms with Crippen LogP contribution in [0.5, 0.6) is 0 Å². The van der Waals surface area contributed by atoms with Crippen molar-refractivity contribution in [2.24, 2.45) is 0 Å². The van der Waals surface area contributed by atoms with Gasteiger partial charge in [0.2, 0.25) is 0 Å². The lowest BCUT2D eigenvalue weighted by Gasteiger charge is -2.00. The molecule has 0 radical (unpaired) electrons. The molecule has 2 heteroatoms. The summed E-state index contributed by atoms with van der Waals surface area (Å²) in [6.45, 7) is 5.99. The summed E-state index contributed by atoms with van der Waals surface area (Å²) >= 11 is 0. The molecule has 1 heterocycles. The molecule has 1 aromatic carbocycles. The van der Waals surface area contributed by atoms with Crippen LogP contribution in [0.15, 0.2) is 40.8 Å². The van der Waals surface area contributed by atoms with E-state index in [9.17, 15) is 0 Å². The van der Waals surface area contributed by atoms with Crippen LogP contribution in [0, 0.1) is 13.8 Å². The molecule has 84 valence electrons. The molecule has 0 fully saturated rings. The van der Waals surface area contributed by atoms with E-state index in [4.69, 9.17) is 4.42 Å². The number of rotatable bonds is 4. The van der Waals surface area contributed by atoms with E-state index in [2.05, 4.69) is 36.5 Å². The standard InChI is InChI=1S/C14H17NO/c1-11-3-6-13(7-4-11)9-15-10-14-8-5-12(2)16-14/h3-8,15H,9-10H2,1-2H3/p+1. The normalized spacial score (nSPS) is 10.6. The summed E-state index contributed by atoms with van der Waals surface area (Å²) in [7, 11) is 0. The minimum Gasteiger partial charge on any atom is -0.460 e. The van der Waals surface area contributed by atoms with Crippen molar-refractivity contribution in [1.29, 1.82) is 0 Å². The highest BCUT2D eigenvalue weighted by molar-refractivity contribution is 5.20. The molecule has 2 nitrogen and oxygen atoms in total. The molecule has 0 unspecified atom stereocenters. The van der Waals surface area contributed by atoms with Gasteiger partial charge in [-0.25, -0.2) is 0 Å². The third kappa shape index (κ3) is 2.97. The Labute approximate surface area is 96.3 Å². The summed E-state index contributed by atoms with van der Waals surface area (Å²) in [6.07, 6.45) is 0. The zero-order valence-corrected chi connectivity index (χ0v) is 9.86. The van der Waals surface area contributed by atoms with Gasteiger partial charge in [-0.15, -0.1) is 0 Å². The summed E-state index contributed by atoms with van der Waals surface area (Å²) < 4.78 is 5.51. The predicted octanol–water partition coefficient (Wildman–Crippen LogP) is 2.16. The van der Waals surface area contributed by atoms with Crippen LogP contribution >= 0.6 is 0 Å². The first-order chi connectivity index (χ1) is 7.74. The molecule has 0 bridgehead atoms.